The number of methoxy groups -OCH3 is 1. The number of ether oxygens (including phenoxy) is 1. The van der Waals surface area contributed by atoms with Crippen LogP contribution in [0.2, 0.25) is 5.15 Å². The Balaban J connectivity index is 1.99. The molecule has 0 atom stereocenters. The van der Waals surface area contributed by atoms with Crippen molar-refractivity contribution in [2.75, 3.05) is 12.4 Å². The maximum absolute atomic E-state index is 11.5. The predicted molar refractivity (Wildman–Crippen MR) is 115 cm³/mol. The van der Waals surface area contributed by atoms with Crippen LogP contribution in [0.4, 0.5) is 11.4 Å². The van der Waals surface area contributed by atoms with Gasteiger partial charge in [-0.15, -0.1) is 11.8 Å². The first-order chi connectivity index (χ1) is 13.9. The van der Waals surface area contributed by atoms with E-state index in [-0.39, 0.29) is 10.7 Å². The summed E-state index contributed by atoms with van der Waals surface area (Å²) in [6.07, 6.45) is 4.76. The third-order valence-electron chi connectivity index (χ3n) is 3.83. The maximum atomic E-state index is 11.5. The van der Waals surface area contributed by atoms with Crippen molar-refractivity contribution >= 4 is 40.7 Å². The number of nitrogens with one attached hydrogen (secondary N) is 1. The number of carboxylic acids is 1. The standard InChI is InChI=1S/C20H19ClN4O3S/c1-11(2)29-12-8-23-19(24-9-12)13-5-4-6-15(18(13)28-3)25-16-7-17(21)22-10-14(16)20(26)27/h4-11H,1-3H3,(H,22,25)(H,26,27). The van der Waals surface area contributed by atoms with Gasteiger partial charge in [0.2, 0.25) is 0 Å². The van der Waals surface area contributed by atoms with Crippen molar-refractivity contribution < 1.29 is 14.6 Å². The van der Waals surface area contributed by atoms with Crippen LogP contribution in [0.15, 0.2) is 47.8 Å². The highest BCUT2D eigenvalue weighted by molar-refractivity contribution is 7.99. The lowest BCUT2D eigenvalue weighted by Gasteiger charge is -2.16. The summed E-state index contributed by atoms with van der Waals surface area (Å²) in [5.74, 6) is -0.126. The van der Waals surface area contributed by atoms with E-state index < -0.39 is 5.97 Å². The number of hydrogen-bond acceptors (Lipinski definition) is 7. The molecule has 0 aliphatic carbocycles. The van der Waals surface area contributed by atoms with Gasteiger partial charge in [0, 0.05) is 28.7 Å². The van der Waals surface area contributed by atoms with Crippen LogP contribution in [0.3, 0.4) is 0 Å². The molecule has 0 saturated carbocycles. The van der Waals surface area contributed by atoms with Crippen LogP contribution in [0.25, 0.3) is 11.4 Å². The second-order valence-electron chi connectivity index (χ2n) is 6.28. The molecule has 3 aromatic rings. The minimum Gasteiger partial charge on any atom is -0.494 e. The Morgan fingerprint density at radius 2 is 1.90 bits per heavy atom. The number of thioether (sulfide) groups is 1. The zero-order valence-corrected chi connectivity index (χ0v) is 17.6. The Morgan fingerprint density at radius 1 is 1.17 bits per heavy atom. The number of carbonyl (C=O) groups is 1. The van der Waals surface area contributed by atoms with Gasteiger partial charge >= 0.3 is 5.97 Å². The average molecular weight is 431 g/mol. The Labute approximate surface area is 177 Å². The van der Waals surface area contributed by atoms with Crippen LogP contribution in [0.5, 0.6) is 5.75 Å². The summed E-state index contributed by atoms with van der Waals surface area (Å²) in [7, 11) is 1.53. The molecule has 0 unspecified atom stereocenters. The highest BCUT2D eigenvalue weighted by atomic mass is 35.5. The van der Waals surface area contributed by atoms with Gasteiger partial charge < -0.3 is 15.2 Å². The fourth-order valence-electron chi connectivity index (χ4n) is 2.67. The Morgan fingerprint density at radius 3 is 2.52 bits per heavy atom. The first kappa shape index (κ1) is 20.9. The van der Waals surface area contributed by atoms with E-state index in [1.165, 1.54) is 19.4 Å². The van der Waals surface area contributed by atoms with Gasteiger partial charge in [-0.1, -0.05) is 31.5 Å². The second kappa shape index (κ2) is 9.11. The molecule has 0 saturated heterocycles. The van der Waals surface area contributed by atoms with E-state index in [4.69, 9.17) is 16.3 Å². The largest absolute Gasteiger partial charge is 0.494 e. The predicted octanol–water partition coefficient (Wildman–Crippen LogP) is 5.14. The van der Waals surface area contributed by atoms with Gasteiger partial charge in [-0.25, -0.2) is 19.7 Å². The molecule has 0 bridgehead atoms. The summed E-state index contributed by atoms with van der Waals surface area (Å²) in [4.78, 5) is 25.2. The zero-order chi connectivity index (χ0) is 21.0. The van der Waals surface area contributed by atoms with E-state index in [0.29, 0.717) is 33.8 Å². The Hall–Kier alpha value is -2.84. The monoisotopic (exact) mass is 430 g/mol. The van der Waals surface area contributed by atoms with E-state index in [9.17, 15) is 9.90 Å². The minimum absolute atomic E-state index is 0.00632. The molecule has 0 fully saturated rings. The van der Waals surface area contributed by atoms with Gasteiger partial charge in [-0.05, 0) is 18.2 Å². The molecule has 150 valence electrons. The summed E-state index contributed by atoms with van der Waals surface area (Å²) in [6.45, 7) is 4.21. The Kier molecular flexibility index (Phi) is 6.56. The molecule has 2 heterocycles. The highest BCUT2D eigenvalue weighted by Gasteiger charge is 2.17. The number of nitrogens with zero attached hydrogens (tertiary/aromatic N) is 3. The molecule has 0 amide bonds. The topological polar surface area (TPSA) is 97.2 Å². The van der Waals surface area contributed by atoms with E-state index in [2.05, 4.69) is 34.1 Å². The average Bonchev–Trinajstić information content (AvgIpc) is 2.68. The molecule has 29 heavy (non-hydrogen) atoms. The minimum atomic E-state index is -1.12. The summed E-state index contributed by atoms with van der Waals surface area (Å²) >= 11 is 7.62. The third kappa shape index (κ3) is 4.96. The molecular weight excluding hydrogens is 412 g/mol. The SMILES string of the molecule is COc1c(Nc2cc(Cl)ncc2C(=O)O)cccc1-c1ncc(SC(C)C)cn1. The van der Waals surface area contributed by atoms with E-state index >= 15 is 0 Å². The van der Waals surface area contributed by atoms with Crippen molar-refractivity contribution in [3.05, 3.63) is 53.6 Å². The molecule has 0 aliphatic heterocycles. The summed E-state index contributed by atoms with van der Waals surface area (Å²) < 4.78 is 5.58. The maximum Gasteiger partial charge on any atom is 0.339 e. The highest BCUT2D eigenvalue weighted by Crippen LogP contribution is 2.37. The van der Waals surface area contributed by atoms with Crippen molar-refractivity contribution in [1.82, 2.24) is 15.0 Å². The number of hydrogen-bond donors (Lipinski definition) is 2. The van der Waals surface area contributed by atoms with Crippen molar-refractivity contribution in [2.45, 2.75) is 24.0 Å². The number of para-hydroxylation sites is 1. The number of aromatic nitrogens is 3. The van der Waals surface area contributed by atoms with Gasteiger partial charge in [0.25, 0.3) is 0 Å². The van der Waals surface area contributed by atoms with Gasteiger partial charge in [-0.2, -0.15) is 0 Å². The van der Waals surface area contributed by atoms with E-state index in [0.717, 1.165) is 4.90 Å². The number of carboxylic acid groups (broad SMARTS) is 1. The van der Waals surface area contributed by atoms with Crippen LogP contribution in [0.1, 0.15) is 24.2 Å². The molecule has 0 aliphatic rings. The number of halogens is 1. The molecular formula is C20H19ClN4O3S. The molecule has 9 heteroatoms. The number of aromatic carboxylic acids is 1. The van der Waals surface area contributed by atoms with Gasteiger partial charge in [0.15, 0.2) is 11.6 Å². The van der Waals surface area contributed by atoms with E-state index in [1.807, 2.05) is 12.1 Å². The van der Waals surface area contributed by atoms with E-state index in [1.54, 1.807) is 30.2 Å². The zero-order valence-electron chi connectivity index (χ0n) is 16.0. The van der Waals surface area contributed by atoms with Gasteiger partial charge in [0.1, 0.15) is 10.7 Å². The molecule has 1 aromatic carbocycles. The van der Waals surface area contributed by atoms with Crippen LogP contribution in [-0.4, -0.2) is 38.4 Å². The summed E-state index contributed by atoms with van der Waals surface area (Å²) in [5, 5.41) is 13.1. The lowest BCUT2D eigenvalue weighted by molar-refractivity contribution is 0.0697. The molecule has 0 radical (unpaired) electrons. The fraction of sp³-hybridized carbons (Fsp3) is 0.200. The van der Waals surface area contributed by atoms with Crippen molar-refractivity contribution in [2.24, 2.45) is 0 Å². The van der Waals surface area contributed by atoms with Crippen LogP contribution < -0.4 is 10.1 Å². The third-order valence-corrected chi connectivity index (χ3v) is 4.99. The molecule has 2 N–H and O–H groups in total. The number of anilines is 2. The normalized spacial score (nSPS) is 10.8. The lowest BCUT2D eigenvalue weighted by Crippen LogP contribution is -2.05. The molecule has 7 nitrogen and oxygen atoms in total. The van der Waals surface area contributed by atoms with Gasteiger partial charge in [0.05, 0.1) is 24.0 Å². The van der Waals surface area contributed by atoms with Crippen molar-refractivity contribution in [3.63, 3.8) is 0 Å². The number of rotatable bonds is 7. The lowest BCUT2D eigenvalue weighted by atomic mass is 10.1. The summed E-state index contributed by atoms with van der Waals surface area (Å²) in [6, 6.07) is 6.87. The first-order valence-corrected chi connectivity index (χ1v) is 9.96. The fourth-order valence-corrected chi connectivity index (χ4v) is 3.60. The molecule has 3 rings (SSSR count). The smallest absolute Gasteiger partial charge is 0.339 e. The van der Waals surface area contributed by atoms with Crippen LogP contribution >= 0.6 is 23.4 Å². The number of pyridine rings is 1. The van der Waals surface area contributed by atoms with Crippen molar-refractivity contribution in [1.29, 1.82) is 0 Å². The van der Waals surface area contributed by atoms with Crippen LogP contribution in [-0.2, 0) is 0 Å². The molecule has 0 spiro atoms. The Bertz CT molecular complexity index is 1030. The second-order valence-corrected chi connectivity index (χ2v) is 8.32. The first-order valence-electron chi connectivity index (χ1n) is 8.71. The van der Waals surface area contributed by atoms with Gasteiger partial charge in [-0.3, -0.25) is 0 Å². The quantitative estimate of drug-likeness (QED) is 0.392. The molecule has 2 aromatic heterocycles. The van der Waals surface area contributed by atoms with Crippen LogP contribution in [0, 0.1) is 0 Å². The number of benzene rings is 1. The summed E-state index contributed by atoms with van der Waals surface area (Å²) in [5.41, 5.74) is 1.53. The van der Waals surface area contributed by atoms with Crippen molar-refractivity contribution in [3.8, 4) is 17.1 Å².